The van der Waals surface area contributed by atoms with Gasteiger partial charge in [-0.25, -0.2) is 14.3 Å². The van der Waals surface area contributed by atoms with Crippen molar-refractivity contribution in [2.45, 2.75) is 18.8 Å². The van der Waals surface area contributed by atoms with E-state index in [-0.39, 0.29) is 11.5 Å². The van der Waals surface area contributed by atoms with Gasteiger partial charge in [0.25, 0.3) is 5.56 Å². The third kappa shape index (κ3) is 2.75. The number of hydrogen-bond donors (Lipinski definition) is 2. The number of hydrogen-bond acceptors (Lipinski definition) is 4. The SMILES string of the molecule is O=C(O)N1CCC(c2cc(=O)n3[nH]cc(-c4cccnc4)c3n2)CC1. The second-order valence-electron chi connectivity index (χ2n) is 6.15. The van der Waals surface area contributed by atoms with E-state index in [0.717, 1.165) is 16.8 Å². The third-order valence-corrected chi connectivity index (χ3v) is 4.67. The van der Waals surface area contributed by atoms with Gasteiger partial charge in [-0.2, -0.15) is 0 Å². The Kier molecular flexibility index (Phi) is 3.72. The predicted octanol–water partition coefficient (Wildman–Crippen LogP) is 1.94. The van der Waals surface area contributed by atoms with Crippen LogP contribution in [0.25, 0.3) is 16.8 Å². The molecule has 0 saturated carbocycles. The van der Waals surface area contributed by atoms with Crippen LogP contribution in [0.15, 0.2) is 41.6 Å². The largest absolute Gasteiger partial charge is 0.465 e. The molecule has 1 amide bonds. The molecule has 0 radical (unpaired) electrons. The molecule has 4 rings (SSSR count). The number of piperidine rings is 1. The van der Waals surface area contributed by atoms with E-state index in [1.807, 2.05) is 12.1 Å². The highest BCUT2D eigenvalue weighted by Crippen LogP contribution is 2.28. The topological polar surface area (TPSA) is 104 Å². The van der Waals surface area contributed by atoms with Crippen molar-refractivity contribution in [2.75, 3.05) is 13.1 Å². The van der Waals surface area contributed by atoms with E-state index in [1.54, 1.807) is 18.6 Å². The van der Waals surface area contributed by atoms with E-state index >= 15 is 0 Å². The van der Waals surface area contributed by atoms with Gasteiger partial charge >= 0.3 is 6.09 Å². The molecule has 1 aliphatic rings. The fourth-order valence-corrected chi connectivity index (χ4v) is 3.31. The lowest BCUT2D eigenvalue weighted by molar-refractivity contribution is 0.131. The summed E-state index contributed by atoms with van der Waals surface area (Å²) in [6.45, 7) is 0.924. The highest BCUT2D eigenvalue weighted by Gasteiger charge is 2.25. The lowest BCUT2D eigenvalue weighted by atomic mass is 9.93. The second kappa shape index (κ2) is 6.04. The Hall–Kier alpha value is -3.16. The van der Waals surface area contributed by atoms with Crippen molar-refractivity contribution in [2.24, 2.45) is 0 Å². The molecule has 0 atom stereocenters. The van der Waals surface area contributed by atoms with Gasteiger partial charge in [-0.15, -0.1) is 0 Å². The van der Waals surface area contributed by atoms with E-state index in [2.05, 4.69) is 10.1 Å². The number of H-pyrrole nitrogens is 1. The van der Waals surface area contributed by atoms with E-state index < -0.39 is 6.09 Å². The summed E-state index contributed by atoms with van der Waals surface area (Å²) in [5.74, 6) is 0.0879. The van der Waals surface area contributed by atoms with Crippen LogP contribution in [0.3, 0.4) is 0 Å². The minimum atomic E-state index is -0.897. The molecule has 1 aliphatic heterocycles. The Morgan fingerprint density at radius 1 is 1.32 bits per heavy atom. The average Bonchev–Trinajstić information content (AvgIpc) is 3.07. The van der Waals surface area contributed by atoms with Gasteiger partial charge in [0.05, 0.1) is 5.69 Å². The molecule has 3 aromatic heterocycles. The minimum Gasteiger partial charge on any atom is -0.465 e. The van der Waals surface area contributed by atoms with Crippen LogP contribution in [-0.4, -0.2) is 48.8 Å². The quantitative estimate of drug-likeness (QED) is 0.742. The summed E-state index contributed by atoms with van der Waals surface area (Å²) in [6.07, 6.45) is 5.61. The fraction of sp³-hybridized carbons (Fsp3) is 0.294. The maximum absolute atomic E-state index is 12.4. The summed E-state index contributed by atoms with van der Waals surface area (Å²) in [6, 6.07) is 5.29. The van der Waals surface area contributed by atoms with E-state index in [1.165, 1.54) is 15.5 Å². The Morgan fingerprint density at radius 2 is 2.12 bits per heavy atom. The molecule has 128 valence electrons. The molecule has 0 unspecified atom stereocenters. The highest BCUT2D eigenvalue weighted by molar-refractivity contribution is 5.76. The number of likely N-dealkylation sites (tertiary alicyclic amines) is 1. The summed E-state index contributed by atoms with van der Waals surface area (Å²) >= 11 is 0. The van der Waals surface area contributed by atoms with Crippen molar-refractivity contribution in [1.29, 1.82) is 0 Å². The van der Waals surface area contributed by atoms with Gasteiger partial charge in [0, 0.05) is 54.8 Å². The van der Waals surface area contributed by atoms with Gasteiger partial charge in [-0.05, 0) is 18.9 Å². The molecule has 0 bridgehead atoms. The predicted molar refractivity (Wildman–Crippen MR) is 90.6 cm³/mol. The number of nitrogens with one attached hydrogen (secondary N) is 1. The molecule has 0 aliphatic carbocycles. The molecule has 8 heteroatoms. The van der Waals surface area contributed by atoms with Crippen LogP contribution in [0, 0.1) is 0 Å². The maximum Gasteiger partial charge on any atom is 0.407 e. The van der Waals surface area contributed by atoms with Gasteiger partial charge in [-0.3, -0.25) is 14.9 Å². The zero-order valence-electron chi connectivity index (χ0n) is 13.4. The number of pyridine rings is 1. The average molecular weight is 339 g/mol. The second-order valence-corrected chi connectivity index (χ2v) is 6.15. The van der Waals surface area contributed by atoms with E-state index in [9.17, 15) is 9.59 Å². The monoisotopic (exact) mass is 339 g/mol. The van der Waals surface area contributed by atoms with Crippen molar-refractivity contribution in [3.63, 3.8) is 0 Å². The Balaban J connectivity index is 1.72. The molecular formula is C17H17N5O3. The van der Waals surface area contributed by atoms with Gasteiger partial charge < -0.3 is 10.0 Å². The van der Waals surface area contributed by atoms with Crippen LogP contribution < -0.4 is 5.56 Å². The molecule has 4 heterocycles. The summed E-state index contributed by atoms with van der Waals surface area (Å²) in [7, 11) is 0. The lowest BCUT2D eigenvalue weighted by Crippen LogP contribution is -2.37. The molecule has 3 aromatic rings. The number of rotatable bonds is 2. The molecule has 25 heavy (non-hydrogen) atoms. The van der Waals surface area contributed by atoms with Crippen molar-refractivity contribution in [3.05, 3.63) is 52.8 Å². The van der Waals surface area contributed by atoms with Crippen molar-refractivity contribution in [1.82, 2.24) is 24.5 Å². The smallest absolute Gasteiger partial charge is 0.407 e. The number of amides is 1. The number of aromatic amines is 1. The van der Waals surface area contributed by atoms with E-state index in [0.29, 0.717) is 31.6 Å². The van der Waals surface area contributed by atoms with Crippen molar-refractivity contribution < 1.29 is 9.90 Å². The molecule has 2 N–H and O–H groups in total. The molecule has 8 nitrogen and oxygen atoms in total. The maximum atomic E-state index is 12.4. The summed E-state index contributed by atoms with van der Waals surface area (Å²) in [5, 5.41) is 12.0. The van der Waals surface area contributed by atoms with Crippen LogP contribution >= 0.6 is 0 Å². The first-order valence-corrected chi connectivity index (χ1v) is 8.13. The first-order valence-electron chi connectivity index (χ1n) is 8.13. The zero-order valence-corrected chi connectivity index (χ0v) is 13.4. The summed E-state index contributed by atoms with van der Waals surface area (Å²) < 4.78 is 1.41. The number of fused-ring (bicyclic) bond motifs is 1. The first kappa shape index (κ1) is 15.4. The highest BCUT2D eigenvalue weighted by atomic mass is 16.4. The van der Waals surface area contributed by atoms with Crippen LogP contribution in [-0.2, 0) is 0 Å². The molecule has 0 spiro atoms. The normalized spacial score (nSPS) is 15.6. The number of aromatic nitrogens is 4. The molecule has 0 aromatic carbocycles. The van der Waals surface area contributed by atoms with Crippen LogP contribution in [0.5, 0.6) is 0 Å². The van der Waals surface area contributed by atoms with Gasteiger partial charge in [-0.1, -0.05) is 6.07 Å². The zero-order chi connectivity index (χ0) is 17.4. The van der Waals surface area contributed by atoms with Crippen molar-refractivity contribution in [3.8, 4) is 11.1 Å². The van der Waals surface area contributed by atoms with Crippen LogP contribution in [0.2, 0.25) is 0 Å². The minimum absolute atomic E-state index is 0.0879. The van der Waals surface area contributed by atoms with Crippen LogP contribution in [0.4, 0.5) is 4.79 Å². The van der Waals surface area contributed by atoms with Gasteiger partial charge in [0.1, 0.15) is 0 Å². The van der Waals surface area contributed by atoms with E-state index in [4.69, 9.17) is 10.1 Å². The Labute approximate surface area is 142 Å². The molecular weight excluding hydrogens is 322 g/mol. The number of carboxylic acid groups (broad SMARTS) is 1. The number of carbonyl (C=O) groups is 1. The van der Waals surface area contributed by atoms with Crippen molar-refractivity contribution >= 4 is 11.7 Å². The summed E-state index contributed by atoms with van der Waals surface area (Å²) in [5.41, 5.74) is 2.81. The first-order chi connectivity index (χ1) is 12.1. The lowest BCUT2D eigenvalue weighted by Gasteiger charge is -2.29. The molecule has 1 fully saturated rings. The number of nitrogens with zero attached hydrogens (tertiary/aromatic N) is 4. The standard InChI is InChI=1S/C17H17N5O3/c23-15-8-14(11-3-6-21(7-4-11)17(24)25)20-16-13(10-19-22(15)16)12-2-1-5-18-9-12/h1-2,5,8-11,19H,3-4,6-7H2,(H,24,25). The molecule has 1 saturated heterocycles. The Bertz CT molecular complexity index is 971. The van der Waals surface area contributed by atoms with Gasteiger partial charge in [0.2, 0.25) is 0 Å². The fourth-order valence-electron chi connectivity index (χ4n) is 3.31. The Morgan fingerprint density at radius 3 is 2.80 bits per heavy atom. The summed E-state index contributed by atoms with van der Waals surface area (Å²) in [4.78, 5) is 33.7. The van der Waals surface area contributed by atoms with Crippen LogP contribution in [0.1, 0.15) is 24.5 Å². The van der Waals surface area contributed by atoms with Gasteiger partial charge in [0.15, 0.2) is 5.65 Å². The third-order valence-electron chi connectivity index (χ3n) is 4.67.